The lowest BCUT2D eigenvalue weighted by Crippen LogP contribution is -2.64. The number of allylic oxidation sites excluding steroid dienone is 8. The molecular weight excluding hydrogens is 727 g/mol. The van der Waals surface area contributed by atoms with Crippen LogP contribution in [0.3, 0.4) is 0 Å². The van der Waals surface area contributed by atoms with Crippen LogP contribution in [0.5, 0.6) is 0 Å². The number of aliphatic hydroxyl groups is 5. The van der Waals surface area contributed by atoms with E-state index in [1.165, 1.54) is 51.4 Å². The largest absolute Gasteiger partial charge is 0.472 e. The van der Waals surface area contributed by atoms with Gasteiger partial charge in [-0.25, -0.2) is 4.57 Å². The third kappa shape index (κ3) is 26.0. The van der Waals surface area contributed by atoms with Crippen molar-refractivity contribution in [2.45, 2.75) is 191 Å². The fourth-order valence-corrected chi connectivity index (χ4v) is 7.04. The van der Waals surface area contributed by atoms with Crippen molar-refractivity contribution in [1.82, 2.24) is 0 Å². The highest BCUT2D eigenvalue weighted by Crippen LogP contribution is 2.47. The van der Waals surface area contributed by atoms with Gasteiger partial charge in [0, 0.05) is 13.0 Å². The Morgan fingerprint density at radius 1 is 0.600 bits per heavy atom. The van der Waals surface area contributed by atoms with Crippen LogP contribution >= 0.6 is 7.82 Å². The molecule has 12 nitrogen and oxygen atoms in total. The van der Waals surface area contributed by atoms with Crippen molar-refractivity contribution in [1.29, 1.82) is 0 Å². The molecule has 0 aromatic rings. The molecule has 0 saturated heterocycles. The second-order valence-corrected chi connectivity index (χ2v) is 15.9. The standard InChI is InChI=1S/C42H75O12P/c1-3-5-7-9-11-13-15-17-18-20-22-24-26-28-30-32-51-33-35(34-52-55(49,50)54-42-40(47)38(45)37(44)39(46)41(42)48)53-36(43)31-29-27-25-23-21-19-16-14-12-10-8-6-4-2/h6,8,12,14-15,17,19,21,35,37-42,44-48H,3-5,7,9-11,13,16,18,20,22-34H2,1-2H3,(H,49,50)/b8-6-,14-12-,17-15-,21-19-. The lowest BCUT2D eigenvalue weighted by Gasteiger charge is -2.41. The first-order chi connectivity index (χ1) is 26.5. The van der Waals surface area contributed by atoms with Crippen molar-refractivity contribution >= 4 is 13.8 Å². The van der Waals surface area contributed by atoms with Crippen LogP contribution in [-0.4, -0.2) is 98.9 Å². The van der Waals surface area contributed by atoms with Gasteiger partial charge >= 0.3 is 13.8 Å². The molecule has 1 aliphatic carbocycles. The maximum Gasteiger partial charge on any atom is 0.472 e. The number of carbonyl (C=O) groups is 1. The summed E-state index contributed by atoms with van der Waals surface area (Å²) in [7, 11) is -5.02. The molecule has 0 amide bonds. The lowest BCUT2D eigenvalue weighted by molar-refractivity contribution is -0.220. The predicted octanol–water partition coefficient (Wildman–Crippen LogP) is 7.69. The van der Waals surface area contributed by atoms with Crippen molar-refractivity contribution in [3.05, 3.63) is 48.6 Å². The highest BCUT2D eigenvalue weighted by molar-refractivity contribution is 7.47. The molecule has 0 bridgehead atoms. The van der Waals surface area contributed by atoms with Gasteiger partial charge in [0.15, 0.2) is 0 Å². The predicted molar refractivity (Wildman–Crippen MR) is 216 cm³/mol. The highest BCUT2D eigenvalue weighted by Gasteiger charge is 2.51. The number of unbranched alkanes of at least 4 members (excludes halogenated alkanes) is 14. The summed E-state index contributed by atoms with van der Waals surface area (Å²) < 4.78 is 34.0. The molecule has 320 valence electrons. The van der Waals surface area contributed by atoms with Gasteiger partial charge in [-0.1, -0.05) is 120 Å². The summed E-state index contributed by atoms with van der Waals surface area (Å²) in [6, 6.07) is 0. The van der Waals surface area contributed by atoms with Gasteiger partial charge in [-0.3, -0.25) is 13.8 Å². The van der Waals surface area contributed by atoms with E-state index in [1.54, 1.807) is 0 Å². The van der Waals surface area contributed by atoms with Gasteiger partial charge in [0.25, 0.3) is 0 Å². The molecular formula is C42H75O12P. The van der Waals surface area contributed by atoms with Crippen LogP contribution in [0.4, 0.5) is 0 Å². The molecule has 6 N–H and O–H groups in total. The first-order valence-corrected chi connectivity index (χ1v) is 22.5. The number of hydrogen-bond acceptors (Lipinski definition) is 11. The van der Waals surface area contributed by atoms with E-state index in [4.69, 9.17) is 18.5 Å². The van der Waals surface area contributed by atoms with E-state index in [0.717, 1.165) is 70.6 Å². The molecule has 1 fully saturated rings. The number of ether oxygens (including phenoxy) is 2. The number of phosphoric ester groups is 1. The van der Waals surface area contributed by atoms with E-state index < -0.39 is 63.1 Å². The molecule has 1 rings (SSSR count). The summed E-state index contributed by atoms with van der Waals surface area (Å²) in [5.74, 6) is -0.510. The van der Waals surface area contributed by atoms with Crippen LogP contribution in [0.25, 0.3) is 0 Å². The maximum absolute atomic E-state index is 12.8. The Morgan fingerprint density at radius 3 is 1.65 bits per heavy atom. The molecule has 6 atom stereocenters. The third-order valence-electron chi connectivity index (χ3n) is 9.44. The van der Waals surface area contributed by atoms with E-state index in [2.05, 4.69) is 62.5 Å². The second kappa shape index (κ2) is 33.3. The fraction of sp³-hybridized carbons (Fsp3) is 0.786. The van der Waals surface area contributed by atoms with Crippen LogP contribution in [0.1, 0.15) is 149 Å². The maximum atomic E-state index is 12.8. The lowest BCUT2D eigenvalue weighted by atomic mass is 9.85. The van der Waals surface area contributed by atoms with Crippen molar-refractivity contribution < 1.29 is 58.3 Å². The molecule has 55 heavy (non-hydrogen) atoms. The van der Waals surface area contributed by atoms with Gasteiger partial charge in [-0.15, -0.1) is 0 Å². The van der Waals surface area contributed by atoms with Gasteiger partial charge in [0.1, 0.15) is 42.7 Å². The van der Waals surface area contributed by atoms with E-state index in [9.17, 15) is 39.8 Å². The SMILES string of the molecule is CC/C=C\C/C=C\C/C=C\CCCCCC(=O)OC(COCCCCCCCC/C=C\CCCCCCC)COP(=O)(O)OC1C(O)C(O)C(O)C(O)C1O. The van der Waals surface area contributed by atoms with E-state index in [-0.39, 0.29) is 13.0 Å². The number of aliphatic hydroxyl groups excluding tert-OH is 5. The highest BCUT2D eigenvalue weighted by atomic mass is 31.2. The van der Waals surface area contributed by atoms with Crippen molar-refractivity contribution in [2.75, 3.05) is 19.8 Å². The molecule has 0 aromatic carbocycles. The summed E-state index contributed by atoms with van der Waals surface area (Å²) in [5.41, 5.74) is 0. The molecule has 6 unspecified atom stereocenters. The number of rotatable bonds is 34. The average Bonchev–Trinajstić information content (AvgIpc) is 3.17. The zero-order valence-corrected chi connectivity index (χ0v) is 34.6. The van der Waals surface area contributed by atoms with Crippen LogP contribution in [0.2, 0.25) is 0 Å². The molecule has 13 heteroatoms. The Bertz CT molecular complexity index is 1100. The van der Waals surface area contributed by atoms with Crippen LogP contribution in [0, 0.1) is 0 Å². The minimum absolute atomic E-state index is 0.0941. The van der Waals surface area contributed by atoms with Gasteiger partial charge in [-0.05, 0) is 70.6 Å². The summed E-state index contributed by atoms with van der Waals surface area (Å²) in [6.45, 7) is 4.06. The van der Waals surface area contributed by atoms with Gasteiger partial charge in [0.05, 0.1) is 13.2 Å². The normalized spacial score (nSPS) is 23.7. The smallest absolute Gasteiger partial charge is 0.457 e. The van der Waals surface area contributed by atoms with Gasteiger partial charge in [0.2, 0.25) is 0 Å². The van der Waals surface area contributed by atoms with Crippen molar-refractivity contribution in [3.63, 3.8) is 0 Å². The second-order valence-electron chi connectivity index (χ2n) is 14.5. The number of hydrogen-bond donors (Lipinski definition) is 6. The van der Waals surface area contributed by atoms with Crippen molar-refractivity contribution in [3.8, 4) is 0 Å². The topological polar surface area (TPSA) is 192 Å². The Morgan fingerprint density at radius 2 is 1.07 bits per heavy atom. The van der Waals surface area contributed by atoms with Crippen molar-refractivity contribution in [2.24, 2.45) is 0 Å². The van der Waals surface area contributed by atoms with E-state index in [1.807, 2.05) is 0 Å². The minimum atomic E-state index is -5.02. The zero-order valence-electron chi connectivity index (χ0n) is 33.7. The number of esters is 1. The molecule has 1 saturated carbocycles. The quantitative estimate of drug-likeness (QED) is 0.0161. The van der Waals surface area contributed by atoms with Crippen LogP contribution in [0.15, 0.2) is 48.6 Å². The fourth-order valence-electron chi connectivity index (χ4n) is 6.07. The molecule has 0 radical (unpaired) electrons. The first kappa shape index (κ1) is 51.3. The summed E-state index contributed by atoms with van der Waals surface area (Å²) >= 11 is 0. The Labute approximate surface area is 331 Å². The molecule has 0 spiro atoms. The molecule has 0 aliphatic heterocycles. The monoisotopic (exact) mass is 802 g/mol. The molecule has 0 aromatic heterocycles. The number of carbonyl (C=O) groups excluding carboxylic acids is 1. The Hall–Kier alpha value is -1.70. The summed E-state index contributed by atoms with van der Waals surface area (Å²) in [5, 5.41) is 50.0. The van der Waals surface area contributed by atoms with Gasteiger partial charge < -0.3 is 39.9 Å². The third-order valence-corrected chi connectivity index (χ3v) is 10.4. The summed E-state index contributed by atoms with van der Waals surface area (Å²) in [6.07, 6.45) is 26.2. The molecule has 1 aliphatic rings. The van der Waals surface area contributed by atoms with Crippen LogP contribution < -0.4 is 0 Å². The summed E-state index contributed by atoms with van der Waals surface area (Å²) in [4.78, 5) is 23.0. The first-order valence-electron chi connectivity index (χ1n) is 21.0. The number of phosphoric acid groups is 1. The zero-order chi connectivity index (χ0) is 40.6. The Balaban J connectivity index is 2.47. The van der Waals surface area contributed by atoms with Gasteiger partial charge in [-0.2, -0.15) is 0 Å². The average molecular weight is 803 g/mol. The minimum Gasteiger partial charge on any atom is -0.457 e. The molecule has 0 heterocycles. The Kier molecular flexibility index (Phi) is 31.1. The van der Waals surface area contributed by atoms with Crippen LogP contribution in [-0.2, 0) is 27.9 Å². The van der Waals surface area contributed by atoms with E-state index >= 15 is 0 Å². The van der Waals surface area contributed by atoms with E-state index in [0.29, 0.717) is 13.0 Å².